The van der Waals surface area contributed by atoms with Crippen LogP contribution in [0.5, 0.6) is 0 Å². The van der Waals surface area contributed by atoms with E-state index < -0.39 is 0 Å². The molecule has 0 unspecified atom stereocenters. The summed E-state index contributed by atoms with van der Waals surface area (Å²) in [6.45, 7) is 3.89. The fraction of sp³-hybridized carbons (Fsp3) is 0.174. The number of rotatable bonds is 4. The number of hydrogen-bond donors (Lipinski definition) is 1. The average Bonchev–Trinajstić information content (AvgIpc) is 3.44. The first-order chi connectivity index (χ1) is 14.1. The van der Waals surface area contributed by atoms with E-state index in [0.29, 0.717) is 16.4 Å². The number of hydrogen-bond acceptors (Lipinski definition) is 4. The van der Waals surface area contributed by atoms with Gasteiger partial charge in [0.05, 0.1) is 5.69 Å². The molecule has 1 N–H and O–H groups in total. The van der Waals surface area contributed by atoms with Gasteiger partial charge in [0.15, 0.2) is 5.13 Å². The highest BCUT2D eigenvalue weighted by Gasteiger charge is 2.32. The van der Waals surface area contributed by atoms with Crippen molar-refractivity contribution < 1.29 is 9.59 Å². The predicted molar refractivity (Wildman–Crippen MR) is 115 cm³/mol. The summed E-state index contributed by atoms with van der Waals surface area (Å²) < 4.78 is 0. The number of amides is 2. The molecule has 5 rings (SSSR count). The number of nitrogens with zero attached hydrogens (tertiary/aromatic N) is 2. The van der Waals surface area contributed by atoms with Gasteiger partial charge in [-0.1, -0.05) is 36.9 Å². The van der Waals surface area contributed by atoms with E-state index >= 15 is 0 Å². The Morgan fingerprint density at radius 3 is 2.76 bits per heavy atom. The SMILES string of the molecule is C=C1c2ccccc2C(=O)N1CC(=O)Nc1nc(-c2ccc3c(c2)CCC3)cs1. The topological polar surface area (TPSA) is 62.3 Å². The molecule has 144 valence electrons. The molecule has 5 nitrogen and oxygen atoms in total. The van der Waals surface area contributed by atoms with E-state index in [4.69, 9.17) is 0 Å². The maximum absolute atomic E-state index is 12.5. The average molecular weight is 401 g/mol. The quantitative estimate of drug-likeness (QED) is 0.706. The molecular weight excluding hydrogens is 382 g/mol. The molecule has 29 heavy (non-hydrogen) atoms. The lowest BCUT2D eigenvalue weighted by atomic mass is 10.1. The minimum absolute atomic E-state index is 0.0832. The Bertz CT molecular complexity index is 1130. The summed E-state index contributed by atoms with van der Waals surface area (Å²) in [5, 5.41) is 5.29. The molecule has 1 aromatic heterocycles. The Labute approximate surface area is 172 Å². The molecule has 6 heteroatoms. The second-order valence-corrected chi connectivity index (χ2v) is 8.16. The van der Waals surface area contributed by atoms with Gasteiger partial charge in [0, 0.05) is 27.8 Å². The van der Waals surface area contributed by atoms with E-state index in [1.807, 2.05) is 23.6 Å². The highest BCUT2D eigenvalue weighted by Crippen LogP contribution is 2.32. The standard InChI is InChI=1S/C23H19N3O2S/c1-14-18-7-2-3-8-19(18)22(28)26(14)12-21(27)25-23-24-20(13-29-23)17-10-9-15-5-4-6-16(15)11-17/h2-3,7-11,13H,1,4-6,12H2,(H,24,25,27). The molecule has 2 amide bonds. The third-order valence-corrected chi connectivity index (χ3v) is 6.24. The summed E-state index contributed by atoms with van der Waals surface area (Å²) in [7, 11) is 0. The fourth-order valence-corrected chi connectivity index (χ4v) is 4.74. The number of carbonyl (C=O) groups is 2. The summed E-state index contributed by atoms with van der Waals surface area (Å²) in [4.78, 5) is 31.1. The van der Waals surface area contributed by atoms with Crippen LogP contribution in [0.25, 0.3) is 17.0 Å². The Kier molecular flexibility index (Phi) is 4.28. The van der Waals surface area contributed by atoms with E-state index in [2.05, 4.69) is 35.1 Å². The molecule has 2 aliphatic rings. The van der Waals surface area contributed by atoms with Crippen LogP contribution in [0.15, 0.2) is 54.4 Å². The van der Waals surface area contributed by atoms with Crippen LogP contribution in [0.2, 0.25) is 0 Å². The van der Waals surface area contributed by atoms with Gasteiger partial charge in [-0.2, -0.15) is 0 Å². The highest BCUT2D eigenvalue weighted by molar-refractivity contribution is 7.14. The molecule has 0 bridgehead atoms. The molecule has 1 aliphatic heterocycles. The monoisotopic (exact) mass is 401 g/mol. The second-order valence-electron chi connectivity index (χ2n) is 7.31. The van der Waals surface area contributed by atoms with E-state index in [1.165, 1.54) is 33.8 Å². The summed E-state index contributed by atoms with van der Waals surface area (Å²) in [6, 6.07) is 13.7. The zero-order chi connectivity index (χ0) is 20.0. The summed E-state index contributed by atoms with van der Waals surface area (Å²) in [5.41, 5.74) is 6.66. The van der Waals surface area contributed by atoms with Crippen LogP contribution in [0.1, 0.15) is 33.5 Å². The van der Waals surface area contributed by atoms with Crippen molar-refractivity contribution in [1.82, 2.24) is 9.88 Å². The van der Waals surface area contributed by atoms with Crippen molar-refractivity contribution in [2.24, 2.45) is 0 Å². The van der Waals surface area contributed by atoms with Crippen LogP contribution in [-0.2, 0) is 17.6 Å². The molecule has 0 fully saturated rings. The van der Waals surface area contributed by atoms with Gasteiger partial charge in [-0.15, -0.1) is 11.3 Å². The van der Waals surface area contributed by atoms with Crippen LogP contribution < -0.4 is 5.32 Å². The molecule has 0 atom stereocenters. The van der Waals surface area contributed by atoms with Gasteiger partial charge < -0.3 is 5.32 Å². The zero-order valence-electron chi connectivity index (χ0n) is 15.8. The van der Waals surface area contributed by atoms with E-state index in [0.717, 1.165) is 29.7 Å². The van der Waals surface area contributed by atoms with Crippen molar-refractivity contribution in [3.8, 4) is 11.3 Å². The van der Waals surface area contributed by atoms with Crippen LogP contribution in [-0.4, -0.2) is 28.2 Å². The van der Waals surface area contributed by atoms with Gasteiger partial charge in [0.2, 0.25) is 5.91 Å². The lowest BCUT2D eigenvalue weighted by Crippen LogP contribution is -2.32. The highest BCUT2D eigenvalue weighted by atomic mass is 32.1. The lowest BCUT2D eigenvalue weighted by Gasteiger charge is -2.16. The molecule has 2 aromatic carbocycles. The van der Waals surface area contributed by atoms with E-state index in [-0.39, 0.29) is 18.4 Å². The summed E-state index contributed by atoms with van der Waals surface area (Å²) >= 11 is 1.38. The van der Waals surface area contributed by atoms with Crippen molar-refractivity contribution >= 4 is 34.0 Å². The van der Waals surface area contributed by atoms with Gasteiger partial charge in [-0.3, -0.25) is 14.5 Å². The molecular formula is C23H19N3O2S. The first kappa shape index (κ1) is 17.8. The van der Waals surface area contributed by atoms with Gasteiger partial charge in [-0.25, -0.2) is 4.98 Å². The van der Waals surface area contributed by atoms with Gasteiger partial charge in [-0.05, 0) is 42.5 Å². The summed E-state index contributed by atoms with van der Waals surface area (Å²) in [5.74, 6) is -0.485. The molecule has 0 radical (unpaired) electrons. The number of fused-ring (bicyclic) bond motifs is 2. The molecule has 0 spiro atoms. The van der Waals surface area contributed by atoms with Crippen molar-refractivity contribution in [3.05, 3.63) is 76.7 Å². The molecule has 0 saturated heterocycles. The number of aryl methyl sites for hydroxylation is 2. The number of carbonyl (C=O) groups excluding carboxylic acids is 2. The van der Waals surface area contributed by atoms with Gasteiger partial charge >= 0.3 is 0 Å². The van der Waals surface area contributed by atoms with Gasteiger partial charge in [0.1, 0.15) is 6.54 Å². The first-order valence-electron chi connectivity index (χ1n) is 9.58. The molecule has 0 saturated carbocycles. The molecule has 2 heterocycles. The van der Waals surface area contributed by atoms with Crippen LogP contribution in [0, 0.1) is 0 Å². The molecule has 1 aliphatic carbocycles. The number of nitrogens with one attached hydrogen (secondary N) is 1. The number of thiazole rings is 1. The van der Waals surface area contributed by atoms with E-state index in [1.54, 1.807) is 6.07 Å². The number of anilines is 1. The maximum Gasteiger partial charge on any atom is 0.259 e. The summed E-state index contributed by atoms with van der Waals surface area (Å²) in [6.07, 6.45) is 3.48. The minimum Gasteiger partial charge on any atom is -0.300 e. The van der Waals surface area contributed by atoms with Crippen LogP contribution >= 0.6 is 11.3 Å². The Balaban J connectivity index is 1.28. The van der Waals surface area contributed by atoms with Gasteiger partial charge in [0.25, 0.3) is 5.91 Å². The van der Waals surface area contributed by atoms with Crippen LogP contribution in [0.4, 0.5) is 5.13 Å². The Hall–Kier alpha value is -3.25. The van der Waals surface area contributed by atoms with E-state index in [9.17, 15) is 9.59 Å². The number of benzene rings is 2. The largest absolute Gasteiger partial charge is 0.300 e. The minimum atomic E-state index is -0.290. The number of aromatic nitrogens is 1. The molecule has 3 aromatic rings. The smallest absolute Gasteiger partial charge is 0.259 e. The Morgan fingerprint density at radius 1 is 1.14 bits per heavy atom. The van der Waals surface area contributed by atoms with Crippen molar-refractivity contribution in [3.63, 3.8) is 0 Å². The first-order valence-corrected chi connectivity index (χ1v) is 10.5. The lowest BCUT2D eigenvalue weighted by molar-refractivity contribution is -0.116. The van der Waals surface area contributed by atoms with Crippen molar-refractivity contribution in [1.29, 1.82) is 0 Å². The predicted octanol–water partition coefficient (Wildman–Crippen LogP) is 4.36. The zero-order valence-corrected chi connectivity index (χ0v) is 16.6. The normalized spacial score (nSPS) is 14.8. The second kappa shape index (κ2) is 6.97. The maximum atomic E-state index is 12.5. The van der Waals surface area contributed by atoms with Crippen molar-refractivity contribution in [2.45, 2.75) is 19.3 Å². The third-order valence-electron chi connectivity index (χ3n) is 5.49. The Morgan fingerprint density at radius 2 is 1.93 bits per heavy atom. The third kappa shape index (κ3) is 3.15. The van der Waals surface area contributed by atoms with Crippen molar-refractivity contribution in [2.75, 3.05) is 11.9 Å². The van der Waals surface area contributed by atoms with Crippen LogP contribution in [0.3, 0.4) is 0 Å². The fourth-order valence-electron chi connectivity index (χ4n) is 4.00.